The molecule has 5 rings (SSSR count). The van der Waals surface area contributed by atoms with Gasteiger partial charge in [-0.2, -0.15) is 0 Å². The van der Waals surface area contributed by atoms with Crippen molar-refractivity contribution in [3.63, 3.8) is 0 Å². The van der Waals surface area contributed by atoms with Crippen LogP contribution in [0.2, 0.25) is 0 Å². The minimum Gasteiger partial charge on any atom is -0.476 e. The second kappa shape index (κ2) is 7.21. The summed E-state index contributed by atoms with van der Waals surface area (Å²) in [5.41, 5.74) is 1.66. The van der Waals surface area contributed by atoms with Gasteiger partial charge in [-0.3, -0.25) is 14.5 Å². The average Bonchev–Trinajstić information content (AvgIpc) is 3.22. The van der Waals surface area contributed by atoms with Gasteiger partial charge in [0, 0.05) is 25.5 Å². The number of benzene rings is 1. The van der Waals surface area contributed by atoms with Crippen molar-refractivity contribution in [1.82, 2.24) is 14.3 Å². The number of pyridine rings is 1. The summed E-state index contributed by atoms with van der Waals surface area (Å²) in [5, 5.41) is 0. The number of amides is 2. The topological polar surface area (TPSA) is 76.4 Å². The van der Waals surface area contributed by atoms with E-state index < -0.39 is 6.10 Å². The second-order valence-corrected chi connectivity index (χ2v) is 7.02. The quantitative estimate of drug-likeness (QED) is 0.662. The molecule has 8 heteroatoms. The molecule has 2 aromatic heterocycles. The lowest BCUT2D eigenvalue weighted by Gasteiger charge is -2.37. The summed E-state index contributed by atoms with van der Waals surface area (Å²) in [5.74, 6) is 0.127. The first-order chi connectivity index (χ1) is 14.2. The lowest BCUT2D eigenvalue weighted by Crippen LogP contribution is -2.54. The van der Waals surface area contributed by atoms with Gasteiger partial charge in [0.25, 0.3) is 11.8 Å². The third kappa shape index (κ3) is 3.21. The monoisotopic (exact) mass is 392 g/mol. The highest BCUT2D eigenvalue weighted by atomic mass is 16.5. The van der Waals surface area contributed by atoms with Gasteiger partial charge in [-0.05, 0) is 24.3 Å². The number of hydrogen-bond donors (Lipinski definition) is 0. The van der Waals surface area contributed by atoms with Crippen LogP contribution in [0.15, 0.2) is 54.9 Å². The first kappa shape index (κ1) is 17.7. The van der Waals surface area contributed by atoms with E-state index >= 15 is 0 Å². The largest absolute Gasteiger partial charge is 0.476 e. The van der Waals surface area contributed by atoms with Gasteiger partial charge in [0.05, 0.1) is 25.4 Å². The van der Waals surface area contributed by atoms with Crippen LogP contribution in [-0.4, -0.2) is 65.1 Å². The molecule has 0 aliphatic carbocycles. The van der Waals surface area contributed by atoms with Gasteiger partial charge in [0.1, 0.15) is 17.1 Å². The summed E-state index contributed by atoms with van der Waals surface area (Å²) < 4.78 is 13.1. The van der Waals surface area contributed by atoms with E-state index in [1.165, 1.54) is 0 Å². The zero-order chi connectivity index (χ0) is 19.8. The number of ether oxygens (including phenoxy) is 2. The van der Waals surface area contributed by atoms with Crippen molar-refractivity contribution in [2.24, 2.45) is 0 Å². The van der Waals surface area contributed by atoms with E-state index in [9.17, 15) is 9.59 Å². The Balaban J connectivity index is 1.47. The molecule has 148 valence electrons. The number of para-hydroxylation sites is 2. The number of nitrogens with zero attached hydrogens (tertiary/aromatic N) is 4. The molecule has 2 aliphatic rings. The molecule has 29 heavy (non-hydrogen) atoms. The van der Waals surface area contributed by atoms with Crippen molar-refractivity contribution >= 4 is 23.1 Å². The Morgan fingerprint density at radius 1 is 1.03 bits per heavy atom. The van der Waals surface area contributed by atoms with Crippen molar-refractivity contribution in [3.05, 3.63) is 60.6 Å². The van der Waals surface area contributed by atoms with E-state index in [2.05, 4.69) is 4.98 Å². The molecule has 0 bridgehead atoms. The predicted molar refractivity (Wildman–Crippen MR) is 105 cm³/mol. The molecule has 2 amide bonds. The Labute approximate surface area is 167 Å². The Kier molecular flexibility index (Phi) is 4.40. The summed E-state index contributed by atoms with van der Waals surface area (Å²) >= 11 is 0. The Morgan fingerprint density at radius 2 is 1.83 bits per heavy atom. The maximum Gasteiger partial charge on any atom is 0.278 e. The number of imidazole rings is 1. The fourth-order valence-corrected chi connectivity index (χ4v) is 3.72. The van der Waals surface area contributed by atoms with E-state index in [0.717, 1.165) is 0 Å². The molecule has 0 radical (unpaired) electrons. The van der Waals surface area contributed by atoms with Crippen LogP contribution in [0.4, 0.5) is 5.69 Å². The highest BCUT2D eigenvalue weighted by Gasteiger charge is 2.37. The molecular weight excluding hydrogens is 372 g/mol. The first-order valence-corrected chi connectivity index (χ1v) is 9.58. The number of carbonyl (C=O) groups is 2. The summed E-state index contributed by atoms with van der Waals surface area (Å²) in [6.07, 6.45) is 2.79. The number of rotatable bonds is 2. The van der Waals surface area contributed by atoms with Crippen molar-refractivity contribution < 1.29 is 19.1 Å². The van der Waals surface area contributed by atoms with Crippen molar-refractivity contribution in [2.75, 3.05) is 37.7 Å². The first-order valence-electron chi connectivity index (χ1n) is 9.58. The number of anilines is 1. The van der Waals surface area contributed by atoms with Gasteiger partial charge in [-0.15, -0.1) is 0 Å². The van der Waals surface area contributed by atoms with Crippen LogP contribution in [0.5, 0.6) is 5.75 Å². The Morgan fingerprint density at radius 3 is 2.66 bits per heavy atom. The summed E-state index contributed by atoms with van der Waals surface area (Å²) in [7, 11) is 0. The van der Waals surface area contributed by atoms with Gasteiger partial charge in [-0.25, -0.2) is 4.98 Å². The molecule has 0 N–H and O–H groups in total. The maximum absolute atomic E-state index is 13.3. The van der Waals surface area contributed by atoms with E-state index in [1.807, 2.05) is 42.6 Å². The molecule has 1 unspecified atom stereocenters. The smallest absolute Gasteiger partial charge is 0.278 e. The van der Waals surface area contributed by atoms with Gasteiger partial charge in [-0.1, -0.05) is 18.2 Å². The molecule has 0 saturated carbocycles. The fraction of sp³-hybridized carbons (Fsp3) is 0.286. The lowest BCUT2D eigenvalue weighted by molar-refractivity contribution is -0.142. The van der Waals surface area contributed by atoms with Crippen LogP contribution >= 0.6 is 0 Å². The highest BCUT2D eigenvalue weighted by Crippen LogP contribution is 2.34. The number of aromatic nitrogens is 2. The third-order valence-electron chi connectivity index (χ3n) is 5.20. The van der Waals surface area contributed by atoms with E-state index in [0.29, 0.717) is 49.1 Å². The van der Waals surface area contributed by atoms with Crippen molar-refractivity contribution in [3.8, 4) is 5.75 Å². The Hall–Kier alpha value is -3.39. The SMILES string of the molecule is O=C(C1CN(C(=O)c2cn3ccccc3n2)c2ccccc2O1)N1CCOCC1. The maximum atomic E-state index is 13.3. The third-order valence-corrected chi connectivity index (χ3v) is 5.20. The van der Waals surface area contributed by atoms with Crippen molar-refractivity contribution in [1.29, 1.82) is 0 Å². The number of carbonyl (C=O) groups excluding carboxylic acids is 2. The standard InChI is InChI=1S/C21H20N4O4/c26-20(15-13-24-8-4-3-7-19(24)22-15)25-14-18(21(27)23-9-11-28-12-10-23)29-17-6-2-1-5-16(17)25/h1-8,13,18H,9-12,14H2. The molecule has 3 aromatic rings. The molecule has 1 aromatic carbocycles. The Bertz CT molecular complexity index is 1040. The number of hydrogen-bond acceptors (Lipinski definition) is 5. The van der Waals surface area contributed by atoms with E-state index in [4.69, 9.17) is 9.47 Å². The predicted octanol–water partition coefficient (Wildman–Crippen LogP) is 1.60. The van der Waals surface area contributed by atoms with Gasteiger partial charge < -0.3 is 18.8 Å². The second-order valence-electron chi connectivity index (χ2n) is 7.02. The summed E-state index contributed by atoms with van der Waals surface area (Å²) in [6.45, 7) is 2.22. The normalized spacial score (nSPS) is 19.0. The minimum absolute atomic E-state index is 0.129. The van der Waals surface area contributed by atoms with Gasteiger partial charge >= 0.3 is 0 Å². The van der Waals surface area contributed by atoms with Crippen LogP contribution in [0, 0.1) is 0 Å². The zero-order valence-corrected chi connectivity index (χ0v) is 15.7. The molecule has 1 atom stereocenters. The molecule has 1 saturated heterocycles. The number of morpholine rings is 1. The van der Waals surface area contributed by atoms with E-state index in [-0.39, 0.29) is 18.4 Å². The summed E-state index contributed by atoms with van der Waals surface area (Å²) in [4.78, 5) is 34.1. The van der Waals surface area contributed by atoms with Crippen LogP contribution in [0.1, 0.15) is 10.5 Å². The zero-order valence-electron chi connectivity index (χ0n) is 15.7. The molecule has 2 aliphatic heterocycles. The van der Waals surface area contributed by atoms with Crippen molar-refractivity contribution in [2.45, 2.75) is 6.10 Å². The van der Waals surface area contributed by atoms with Crippen LogP contribution in [-0.2, 0) is 9.53 Å². The molecule has 4 heterocycles. The molecular formula is C21H20N4O4. The molecule has 0 spiro atoms. The highest BCUT2D eigenvalue weighted by molar-refractivity contribution is 6.07. The van der Waals surface area contributed by atoms with E-state index in [1.54, 1.807) is 26.5 Å². The molecule has 8 nitrogen and oxygen atoms in total. The van der Waals surface area contributed by atoms with Crippen LogP contribution < -0.4 is 9.64 Å². The van der Waals surface area contributed by atoms with Gasteiger partial charge in [0.2, 0.25) is 0 Å². The minimum atomic E-state index is -0.760. The number of fused-ring (bicyclic) bond motifs is 2. The summed E-state index contributed by atoms with van der Waals surface area (Å²) in [6, 6.07) is 12.9. The lowest BCUT2D eigenvalue weighted by atomic mass is 10.1. The molecule has 1 fully saturated rings. The van der Waals surface area contributed by atoms with Crippen LogP contribution in [0.25, 0.3) is 5.65 Å². The average molecular weight is 392 g/mol. The fourth-order valence-electron chi connectivity index (χ4n) is 3.72. The van der Waals surface area contributed by atoms with Gasteiger partial charge in [0.15, 0.2) is 6.10 Å². The van der Waals surface area contributed by atoms with Crippen LogP contribution in [0.3, 0.4) is 0 Å².